The first-order valence-electron chi connectivity index (χ1n) is 2.23. The van der Waals surface area contributed by atoms with E-state index in [2.05, 4.69) is 4.99 Å². The fourth-order valence-corrected chi connectivity index (χ4v) is 0.400. The van der Waals surface area contributed by atoms with Crippen LogP contribution in [0, 0.1) is 0 Å². The van der Waals surface area contributed by atoms with Crippen LogP contribution in [0.4, 0.5) is 0 Å². The van der Waals surface area contributed by atoms with Crippen molar-refractivity contribution in [3.63, 3.8) is 0 Å². The largest absolute Gasteiger partial charge is 0.491 e. The van der Waals surface area contributed by atoms with Crippen molar-refractivity contribution in [2.75, 3.05) is 0 Å². The van der Waals surface area contributed by atoms with E-state index < -0.39 is 0 Å². The second-order valence-electron chi connectivity index (χ2n) is 1.42. The lowest BCUT2D eigenvalue weighted by Gasteiger charge is -2.05. The van der Waals surface area contributed by atoms with Crippen LogP contribution in [0.5, 0.6) is 0 Å². The van der Waals surface area contributed by atoms with Gasteiger partial charge in [0.05, 0.1) is 6.20 Å². The maximum Gasteiger partial charge on any atom is 0.130 e. The molecule has 38 valence electrons. The van der Waals surface area contributed by atoms with E-state index in [1.807, 2.05) is 6.92 Å². The minimum atomic E-state index is 0.157. The predicted octanol–water partition coefficient (Wildman–Crippen LogP) is 0.947. The second-order valence-corrected chi connectivity index (χ2v) is 1.42. The minimum Gasteiger partial charge on any atom is -0.491 e. The van der Waals surface area contributed by atoms with Gasteiger partial charge in [0.25, 0.3) is 0 Å². The molecule has 0 spiro atoms. The van der Waals surface area contributed by atoms with Gasteiger partial charge in [0, 0.05) is 6.21 Å². The molecule has 1 unspecified atom stereocenters. The van der Waals surface area contributed by atoms with Crippen molar-refractivity contribution in [2.24, 2.45) is 4.99 Å². The summed E-state index contributed by atoms with van der Waals surface area (Å²) in [5.74, 6) is 0. The molecule has 7 heavy (non-hydrogen) atoms. The van der Waals surface area contributed by atoms with Crippen molar-refractivity contribution in [1.82, 2.24) is 0 Å². The molecule has 1 rings (SSSR count). The smallest absolute Gasteiger partial charge is 0.130 e. The molecule has 0 N–H and O–H groups in total. The average molecular weight is 97.1 g/mol. The van der Waals surface area contributed by atoms with E-state index in [9.17, 15) is 0 Å². The van der Waals surface area contributed by atoms with Crippen molar-refractivity contribution in [3.8, 4) is 0 Å². The molecule has 0 radical (unpaired) electrons. The van der Waals surface area contributed by atoms with E-state index in [-0.39, 0.29) is 6.10 Å². The first kappa shape index (κ1) is 4.37. The van der Waals surface area contributed by atoms with Crippen LogP contribution in [0.15, 0.2) is 17.5 Å². The molecule has 0 aromatic heterocycles. The van der Waals surface area contributed by atoms with Crippen LogP contribution in [0.3, 0.4) is 0 Å². The maximum absolute atomic E-state index is 4.95. The number of hydrogen-bond acceptors (Lipinski definition) is 2. The number of rotatable bonds is 0. The highest BCUT2D eigenvalue weighted by atomic mass is 16.5. The highest BCUT2D eigenvalue weighted by Gasteiger charge is 1.94. The monoisotopic (exact) mass is 97.1 g/mol. The summed E-state index contributed by atoms with van der Waals surface area (Å²) >= 11 is 0. The summed E-state index contributed by atoms with van der Waals surface area (Å²) in [6.07, 6.45) is 5.12. The third-order valence-electron chi connectivity index (χ3n) is 0.736. The van der Waals surface area contributed by atoms with Crippen LogP contribution in [0.25, 0.3) is 0 Å². The Bertz CT molecular complexity index is 107. The van der Waals surface area contributed by atoms with Crippen LogP contribution in [0.2, 0.25) is 0 Å². The third-order valence-corrected chi connectivity index (χ3v) is 0.736. The normalized spacial score (nSPS) is 27.3. The van der Waals surface area contributed by atoms with E-state index in [0.29, 0.717) is 0 Å². The molecule has 0 aliphatic carbocycles. The van der Waals surface area contributed by atoms with E-state index >= 15 is 0 Å². The minimum absolute atomic E-state index is 0.157. The Morgan fingerprint density at radius 2 is 2.57 bits per heavy atom. The van der Waals surface area contributed by atoms with Gasteiger partial charge in [-0.3, -0.25) is 4.99 Å². The van der Waals surface area contributed by atoms with E-state index in [1.165, 1.54) is 0 Å². The summed E-state index contributed by atoms with van der Waals surface area (Å²) in [5.41, 5.74) is 0. The highest BCUT2D eigenvalue weighted by Crippen LogP contribution is 1.93. The van der Waals surface area contributed by atoms with E-state index in [4.69, 9.17) is 4.74 Å². The number of hydrogen-bond donors (Lipinski definition) is 0. The van der Waals surface area contributed by atoms with Gasteiger partial charge in [0.2, 0.25) is 0 Å². The third kappa shape index (κ3) is 1.03. The average Bonchev–Trinajstić information content (AvgIpc) is 1.69. The lowest BCUT2D eigenvalue weighted by atomic mass is 10.4. The van der Waals surface area contributed by atoms with E-state index in [0.717, 1.165) is 0 Å². The lowest BCUT2D eigenvalue weighted by molar-refractivity contribution is 0.219. The summed E-state index contributed by atoms with van der Waals surface area (Å²) in [5, 5.41) is 0. The molecule has 2 nitrogen and oxygen atoms in total. The van der Waals surface area contributed by atoms with Crippen molar-refractivity contribution in [2.45, 2.75) is 13.0 Å². The molecule has 0 amide bonds. The molecule has 0 aromatic carbocycles. The topological polar surface area (TPSA) is 21.6 Å². The quantitative estimate of drug-likeness (QED) is 0.441. The van der Waals surface area contributed by atoms with Crippen molar-refractivity contribution in [3.05, 3.63) is 12.5 Å². The Hall–Kier alpha value is -0.790. The van der Waals surface area contributed by atoms with Crippen LogP contribution in [0.1, 0.15) is 6.92 Å². The highest BCUT2D eigenvalue weighted by molar-refractivity contribution is 5.63. The van der Waals surface area contributed by atoms with Gasteiger partial charge >= 0.3 is 0 Å². The number of ether oxygens (including phenoxy) is 1. The lowest BCUT2D eigenvalue weighted by Crippen LogP contribution is -2.06. The molecule has 0 aromatic rings. The SMILES string of the molecule is CC1C=NC=CO1. The maximum atomic E-state index is 4.95. The fourth-order valence-electron chi connectivity index (χ4n) is 0.400. The Morgan fingerprint density at radius 1 is 1.71 bits per heavy atom. The molecule has 0 fully saturated rings. The van der Waals surface area contributed by atoms with Gasteiger partial charge in [-0.05, 0) is 6.92 Å². The Kier molecular flexibility index (Phi) is 1.11. The summed E-state index contributed by atoms with van der Waals surface area (Å²) < 4.78 is 4.95. The predicted molar refractivity (Wildman–Crippen MR) is 28.2 cm³/mol. The molecule has 1 aliphatic rings. The van der Waals surface area contributed by atoms with Crippen molar-refractivity contribution >= 4 is 6.21 Å². The summed E-state index contributed by atoms with van der Waals surface area (Å²) in [4.78, 5) is 3.83. The molecule has 0 saturated carbocycles. The van der Waals surface area contributed by atoms with Gasteiger partial charge in [0.15, 0.2) is 0 Å². The summed E-state index contributed by atoms with van der Waals surface area (Å²) in [6.45, 7) is 1.94. The van der Waals surface area contributed by atoms with E-state index in [1.54, 1.807) is 18.7 Å². The Labute approximate surface area is 42.5 Å². The first-order chi connectivity index (χ1) is 3.39. The van der Waals surface area contributed by atoms with Gasteiger partial charge in [-0.15, -0.1) is 0 Å². The van der Waals surface area contributed by atoms with Gasteiger partial charge in [-0.25, -0.2) is 0 Å². The van der Waals surface area contributed by atoms with Crippen molar-refractivity contribution in [1.29, 1.82) is 0 Å². The zero-order valence-corrected chi connectivity index (χ0v) is 4.16. The van der Waals surface area contributed by atoms with Gasteiger partial charge in [0.1, 0.15) is 12.4 Å². The molecule has 1 heterocycles. The molecular weight excluding hydrogens is 90.1 g/mol. The van der Waals surface area contributed by atoms with Gasteiger partial charge in [-0.2, -0.15) is 0 Å². The van der Waals surface area contributed by atoms with Crippen molar-refractivity contribution < 1.29 is 4.74 Å². The number of nitrogens with zero attached hydrogens (tertiary/aromatic N) is 1. The Balaban J connectivity index is 2.49. The Morgan fingerprint density at radius 3 is 2.86 bits per heavy atom. The molecular formula is C5H7NO. The summed E-state index contributed by atoms with van der Waals surface area (Å²) in [7, 11) is 0. The second kappa shape index (κ2) is 1.78. The molecule has 0 saturated heterocycles. The van der Waals surface area contributed by atoms with Crippen LogP contribution < -0.4 is 0 Å². The standard InChI is InChI=1S/C5H7NO/c1-5-4-6-2-3-7-5/h2-5H,1H3. The molecule has 2 heteroatoms. The zero-order chi connectivity index (χ0) is 5.11. The van der Waals surface area contributed by atoms with Crippen LogP contribution >= 0.6 is 0 Å². The molecule has 1 atom stereocenters. The first-order valence-corrected chi connectivity index (χ1v) is 2.23. The van der Waals surface area contributed by atoms with Gasteiger partial charge < -0.3 is 4.74 Å². The van der Waals surface area contributed by atoms with Gasteiger partial charge in [-0.1, -0.05) is 0 Å². The molecule has 1 aliphatic heterocycles. The molecule has 0 bridgehead atoms. The fraction of sp³-hybridized carbons (Fsp3) is 0.400. The summed E-state index contributed by atoms with van der Waals surface area (Å²) in [6, 6.07) is 0. The van der Waals surface area contributed by atoms with Crippen LogP contribution in [-0.2, 0) is 4.74 Å². The number of aliphatic imine (C=N–C) groups is 1. The zero-order valence-electron chi connectivity index (χ0n) is 4.16. The van der Waals surface area contributed by atoms with Crippen LogP contribution in [-0.4, -0.2) is 12.3 Å².